The number of fused-ring (bicyclic) bond motifs is 1. The molecule has 2 heterocycles. The van der Waals surface area contributed by atoms with Gasteiger partial charge in [-0.05, 0) is 61.2 Å². The fraction of sp³-hybridized carbons (Fsp3) is 0.417. The summed E-state index contributed by atoms with van der Waals surface area (Å²) < 4.78 is 82.2. The lowest BCUT2D eigenvalue weighted by molar-refractivity contribution is -0.258. The van der Waals surface area contributed by atoms with E-state index >= 15 is 0 Å². The van der Waals surface area contributed by atoms with E-state index in [-0.39, 0.29) is 61.0 Å². The van der Waals surface area contributed by atoms with Gasteiger partial charge in [0.15, 0.2) is 5.60 Å². The minimum atomic E-state index is -4.97. The second-order valence-electron chi connectivity index (χ2n) is 9.23. The Kier molecular flexibility index (Phi) is 6.97. The van der Waals surface area contributed by atoms with Crippen molar-refractivity contribution in [1.82, 2.24) is 10.2 Å². The molecule has 2 N–H and O–H groups in total. The molecule has 1 fully saturated rings. The van der Waals surface area contributed by atoms with Gasteiger partial charge in [0.1, 0.15) is 5.82 Å². The summed E-state index contributed by atoms with van der Waals surface area (Å²) >= 11 is 0. The monoisotopic (exact) mass is 543 g/mol. The van der Waals surface area contributed by atoms with E-state index in [2.05, 4.69) is 5.32 Å². The van der Waals surface area contributed by atoms with Gasteiger partial charge < -0.3 is 15.3 Å². The summed E-state index contributed by atoms with van der Waals surface area (Å²) in [6, 6.07) is 6.44. The lowest BCUT2D eigenvalue weighted by Gasteiger charge is -2.39. The Labute approximate surface area is 210 Å². The molecule has 2 amide bonds. The topological polar surface area (TPSA) is 107 Å². The average molecular weight is 544 g/mol. The fourth-order valence-electron chi connectivity index (χ4n) is 4.52. The lowest BCUT2D eigenvalue weighted by Crippen LogP contribution is -2.52. The molecular formula is C24H25F4N3O5S. The molecule has 2 aromatic carbocycles. The molecule has 2 atom stereocenters. The molecule has 8 nitrogen and oxygen atoms in total. The van der Waals surface area contributed by atoms with Gasteiger partial charge in [-0.1, -0.05) is 12.1 Å². The molecule has 2 aromatic rings. The third-order valence-electron chi connectivity index (χ3n) is 6.68. The fourth-order valence-corrected chi connectivity index (χ4v) is 6.23. The Bertz CT molecular complexity index is 1310. The first kappa shape index (κ1) is 26.9. The Morgan fingerprint density at radius 1 is 1.16 bits per heavy atom. The molecule has 13 heteroatoms. The minimum Gasteiger partial charge on any atom is -0.376 e. The number of carbonyl (C=O) groups excluding carboxylic acids is 2. The van der Waals surface area contributed by atoms with Gasteiger partial charge in [-0.25, -0.2) is 12.8 Å². The van der Waals surface area contributed by atoms with Gasteiger partial charge in [0.25, 0.3) is 10.0 Å². The molecule has 37 heavy (non-hydrogen) atoms. The molecule has 0 bridgehead atoms. The lowest BCUT2D eigenvalue weighted by atomic mass is 9.89. The van der Waals surface area contributed by atoms with Crippen LogP contribution in [0.4, 0.5) is 23.2 Å². The van der Waals surface area contributed by atoms with Crippen LogP contribution in [-0.2, 0) is 31.6 Å². The molecule has 0 aromatic heterocycles. The van der Waals surface area contributed by atoms with E-state index in [9.17, 15) is 40.7 Å². The van der Waals surface area contributed by atoms with E-state index < -0.39 is 45.1 Å². The number of benzene rings is 2. The van der Waals surface area contributed by atoms with Gasteiger partial charge in [0.2, 0.25) is 11.8 Å². The molecule has 0 saturated carbocycles. The van der Waals surface area contributed by atoms with Gasteiger partial charge in [-0.15, -0.1) is 0 Å². The highest BCUT2D eigenvalue weighted by atomic mass is 32.2. The predicted molar refractivity (Wildman–Crippen MR) is 124 cm³/mol. The molecule has 0 spiro atoms. The van der Waals surface area contributed by atoms with Crippen LogP contribution in [0.1, 0.15) is 30.9 Å². The largest absolute Gasteiger partial charge is 0.421 e. The SMILES string of the molecule is CC(O)(c1ccc2c(c1)CC[C@@H](CC(=O)N1CCNC(=O)C1)N2S(=O)(=O)c1ccc(F)cc1)C(F)(F)F. The van der Waals surface area contributed by atoms with Crippen molar-refractivity contribution in [1.29, 1.82) is 0 Å². The zero-order chi connectivity index (χ0) is 27.2. The van der Waals surface area contributed by atoms with Crippen LogP contribution in [0.15, 0.2) is 47.4 Å². The minimum absolute atomic E-state index is 0.0616. The van der Waals surface area contributed by atoms with Crippen LogP contribution in [0.5, 0.6) is 0 Å². The highest BCUT2D eigenvalue weighted by Gasteiger charge is 2.51. The summed E-state index contributed by atoms with van der Waals surface area (Å²) in [4.78, 5) is 25.8. The van der Waals surface area contributed by atoms with Gasteiger partial charge in [0, 0.05) is 19.5 Å². The zero-order valence-corrected chi connectivity index (χ0v) is 20.6. The highest BCUT2D eigenvalue weighted by molar-refractivity contribution is 7.92. The van der Waals surface area contributed by atoms with Crippen LogP contribution >= 0.6 is 0 Å². The van der Waals surface area contributed by atoms with Crippen molar-refractivity contribution in [2.24, 2.45) is 0 Å². The number of nitrogens with zero attached hydrogens (tertiary/aromatic N) is 2. The number of piperazine rings is 1. The van der Waals surface area contributed by atoms with E-state index in [4.69, 9.17) is 0 Å². The first-order valence-corrected chi connectivity index (χ1v) is 12.9. The number of rotatable bonds is 5. The van der Waals surface area contributed by atoms with Crippen molar-refractivity contribution in [3.8, 4) is 0 Å². The van der Waals surface area contributed by atoms with E-state index in [1.165, 1.54) is 11.0 Å². The van der Waals surface area contributed by atoms with Crippen molar-refractivity contribution in [2.75, 3.05) is 23.9 Å². The molecule has 1 saturated heterocycles. The Balaban J connectivity index is 1.75. The summed E-state index contributed by atoms with van der Waals surface area (Å²) in [5.74, 6) is -1.44. The van der Waals surface area contributed by atoms with Gasteiger partial charge in [-0.3, -0.25) is 13.9 Å². The average Bonchev–Trinajstić information content (AvgIpc) is 2.83. The van der Waals surface area contributed by atoms with Gasteiger partial charge in [-0.2, -0.15) is 13.2 Å². The van der Waals surface area contributed by atoms with Crippen molar-refractivity contribution >= 4 is 27.5 Å². The summed E-state index contributed by atoms with van der Waals surface area (Å²) in [6.45, 7) is 0.968. The van der Waals surface area contributed by atoms with Crippen LogP contribution < -0.4 is 9.62 Å². The number of hydrogen-bond donors (Lipinski definition) is 2. The molecule has 4 rings (SSSR count). The van der Waals surface area contributed by atoms with Gasteiger partial charge in [0.05, 0.1) is 23.2 Å². The number of nitrogens with one attached hydrogen (secondary N) is 1. The molecule has 1 unspecified atom stereocenters. The summed E-state index contributed by atoms with van der Waals surface area (Å²) in [6.07, 6.45) is -5.00. The number of halogens is 4. The molecule has 200 valence electrons. The highest BCUT2D eigenvalue weighted by Crippen LogP contribution is 2.43. The van der Waals surface area contributed by atoms with Crippen molar-refractivity contribution in [3.63, 3.8) is 0 Å². The van der Waals surface area contributed by atoms with Gasteiger partial charge >= 0.3 is 6.18 Å². The molecule has 0 aliphatic carbocycles. The molecule has 2 aliphatic rings. The molecular weight excluding hydrogens is 518 g/mol. The second kappa shape index (κ2) is 9.60. The summed E-state index contributed by atoms with van der Waals surface area (Å²) in [5, 5.41) is 12.7. The van der Waals surface area contributed by atoms with E-state index in [0.29, 0.717) is 6.92 Å². The maximum Gasteiger partial charge on any atom is 0.421 e. The van der Waals surface area contributed by atoms with Crippen molar-refractivity contribution < 1.29 is 40.7 Å². The van der Waals surface area contributed by atoms with Crippen LogP contribution in [0.25, 0.3) is 0 Å². The van der Waals surface area contributed by atoms with E-state index in [1.54, 1.807) is 0 Å². The number of carbonyl (C=O) groups is 2. The summed E-state index contributed by atoms with van der Waals surface area (Å²) in [7, 11) is -4.37. The number of aliphatic hydroxyl groups is 1. The van der Waals surface area contributed by atoms with Crippen LogP contribution in [0.3, 0.4) is 0 Å². The first-order chi connectivity index (χ1) is 17.2. The number of sulfonamides is 1. The first-order valence-electron chi connectivity index (χ1n) is 11.5. The normalized spacial score (nSPS) is 20.2. The van der Waals surface area contributed by atoms with Crippen molar-refractivity contribution in [2.45, 2.75) is 48.9 Å². The number of hydrogen-bond acceptors (Lipinski definition) is 5. The second-order valence-corrected chi connectivity index (χ2v) is 11.0. The van der Waals surface area contributed by atoms with E-state index in [1.807, 2.05) is 0 Å². The Morgan fingerprint density at radius 3 is 2.46 bits per heavy atom. The quantitative estimate of drug-likeness (QED) is 0.564. The number of aryl methyl sites for hydroxylation is 1. The molecule has 2 aliphatic heterocycles. The third-order valence-corrected chi connectivity index (χ3v) is 8.56. The van der Waals surface area contributed by atoms with E-state index in [0.717, 1.165) is 40.7 Å². The number of alkyl halides is 3. The summed E-state index contributed by atoms with van der Waals surface area (Å²) in [5.41, 5.74) is -3.31. The van der Waals surface area contributed by atoms with Crippen LogP contribution in [0, 0.1) is 5.82 Å². The van der Waals surface area contributed by atoms with Crippen LogP contribution in [-0.4, -0.2) is 62.1 Å². The predicted octanol–water partition coefficient (Wildman–Crippen LogP) is 2.45. The maximum atomic E-state index is 13.7. The maximum absolute atomic E-state index is 13.7. The number of amides is 2. The third kappa shape index (κ3) is 5.14. The Hall–Kier alpha value is -3.19. The zero-order valence-electron chi connectivity index (χ0n) is 19.8. The van der Waals surface area contributed by atoms with Crippen LogP contribution in [0.2, 0.25) is 0 Å². The smallest absolute Gasteiger partial charge is 0.376 e. The Morgan fingerprint density at radius 2 is 1.84 bits per heavy atom. The number of anilines is 1. The standard InChI is InChI=1S/C24H25F4N3O5S/c1-23(34,24(26,27)28)16-3-9-20-15(12-16)2-6-18(13-22(33)30-11-10-29-21(32)14-30)31(20)37(35,36)19-7-4-17(25)5-8-19/h3-5,7-9,12,18,34H,2,6,10-11,13-14H2,1H3,(H,29,32)/t18-,23?/m0/s1. The van der Waals surface area contributed by atoms with Crippen molar-refractivity contribution in [3.05, 3.63) is 59.4 Å². The molecule has 0 radical (unpaired) electrons.